The second-order valence-corrected chi connectivity index (χ2v) is 7.85. The summed E-state index contributed by atoms with van der Waals surface area (Å²) in [5.74, 6) is 0.744. The molecule has 4 rings (SSSR count). The number of anilines is 1. The van der Waals surface area contributed by atoms with Gasteiger partial charge < -0.3 is 15.0 Å². The van der Waals surface area contributed by atoms with Crippen molar-refractivity contribution in [3.63, 3.8) is 0 Å². The first-order valence-electron chi connectivity index (χ1n) is 10.6. The Balaban J connectivity index is 1.34. The number of fused-ring (bicyclic) bond motifs is 1. The normalized spacial score (nSPS) is 19.0. The van der Waals surface area contributed by atoms with E-state index in [0.717, 1.165) is 23.4 Å². The van der Waals surface area contributed by atoms with Crippen molar-refractivity contribution >= 4 is 17.6 Å². The topological polar surface area (TPSA) is 74.8 Å². The zero-order valence-electron chi connectivity index (χ0n) is 17.3. The van der Waals surface area contributed by atoms with E-state index >= 15 is 0 Å². The van der Waals surface area contributed by atoms with Crippen LogP contribution in [0.4, 0.5) is 10.5 Å². The highest BCUT2D eigenvalue weighted by molar-refractivity contribution is 5.94. The largest absolute Gasteiger partial charge is 0.486 e. The zero-order chi connectivity index (χ0) is 20.9. The fourth-order valence-corrected chi connectivity index (χ4v) is 4.03. The molecule has 7 nitrogen and oxygen atoms in total. The van der Waals surface area contributed by atoms with Gasteiger partial charge in [-0.1, -0.05) is 25.1 Å². The van der Waals surface area contributed by atoms with Crippen molar-refractivity contribution in [1.29, 1.82) is 0 Å². The third-order valence-corrected chi connectivity index (χ3v) is 5.85. The number of ether oxygens (including phenoxy) is 1. The molecule has 2 aliphatic heterocycles. The highest BCUT2D eigenvalue weighted by atomic mass is 16.5. The van der Waals surface area contributed by atoms with E-state index in [2.05, 4.69) is 17.2 Å². The Bertz CT molecular complexity index is 881. The van der Waals surface area contributed by atoms with Crippen molar-refractivity contribution in [2.75, 3.05) is 24.5 Å². The van der Waals surface area contributed by atoms with Crippen LogP contribution in [0.3, 0.4) is 0 Å². The molecule has 1 saturated heterocycles. The number of piperidine rings is 1. The number of hydrogen-bond acceptors (Lipinski definition) is 4. The van der Waals surface area contributed by atoms with E-state index in [4.69, 9.17) is 4.74 Å². The summed E-state index contributed by atoms with van der Waals surface area (Å²) in [4.78, 5) is 33.5. The van der Waals surface area contributed by atoms with Crippen LogP contribution in [0, 0.1) is 5.92 Å². The molecule has 7 heteroatoms. The molecule has 1 aromatic heterocycles. The van der Waals surface area contributed by atoms with Crippen molar-refractivity contribution in [2.45, 2.75) is 38.8 Å². The lowest BCUT2D eigenvalue weighted by Gasteiger charge is -2.39. The number of likely N-dealkylation sites (tertiary alicyclic amines) is 1. The Kier molecular flexibility index (Phi) is 6.16. The number of benzene rings is 1. The summed E-state index contributed by atoms with van der Waals surface area (Å²) in [6, 6.07) is 11.5. The Morgan fingerprint density at radius 2 is 1.97 bits per heavy atom. The standard InChI is InChI=1S/C23H28N4O3/c1-2-19-16-27(20-7-3-4-8-21(20)30-19)23(29)26-12-9-18(10-13-26)22(28)25-15-17-6-5-11-24-14-17/h3-8,11,14,18-19H,2,9-10,12-13,15-16H2,1H3,(H,25,28)/t19-/m1/s1. The van der Waals surface area contributed by atoms with Crippen LogP contribution in [-0.2, 0) is 11.3 Å². The van der Waals surface area contributed by atoms with E-state index in [1.165, 1.54) is 0 Å². The molecule has 2 aromatic rings. The molecule has 3 heterocycles. The summed E-state index contributed by atoms with van der Waals surface area (Å²) >= 11 is 0. The summed E-state index contributed by atoms with van der Waals surface area (Å²) in [5.41, 5.74) is 1.80. The second-order valence-electron chi connectivity index (χ2n) is 7.85. The predicted molar refractivity (Wildman–Crippen MR) is 114 cm³/mol. The maximum absolute atomic E-state index is 13.3. The average molecular weight is 409 g/mol. The number of pyridine rings is 1. The molecule has 2 aliphatic rings. The SMILES string of the molecule is CC[C@@H]1CN(C(=O)N2CCC(C(=O)NCc3cccnc3)CC2)c2ccccc2O1. The molecule has 30 heavy (non-hydrogen) atoms. The van der Waals surface area contributed by atoms with E-state index in [-0.39, 0.29) is 24.0 Å². The van der Waals surface area contributed by atoms with Gasteiger partial charge in [-0.2, -0.15) is 0 Å². The Labute approximate surface area is 177 Å². The van der Waals surface area contributed by atoms with Crippen molar-refractivity contribution in [3.05, 3.63) is 54.4 Å². The van der Waals surface area contributed by atoms with Crippen LogP contribution in [0.15, 0.2) is 48.8 Å². The molecule has 0 bridgehead atoms. The summed E-state index contributed by atoms with van der Waals surface area (Å²) in [6.45, 7) is 4.27. The van der Waals surface area contributed by atoms with E-state index in [1.54, 1.807) is 12.4 Å². The van der Waals surface area contributed by atoms with E-state index < -0.39 is 0 Å². The third kappa shape index (κ3) is 4.40. The highest BCUT2D eigenvalue weighted by Gasteiger charge is 2.34. The number of aromatic nitrogens is 1. The quantitative estimate of drug-likeness (QED) is 0.843. The number of rotatable bonds is 4. The molecule has 1 N–H and O–H groups in total. The van der Waals surface area contributed by atoms with Gasteiger partial charge in [-0.05, 0) is 43.0 Å². The summed E-state index contributed by atoms with van der Waals surface area (Å²) in [6.07, 6.45) is 5.66. The van der Waals surface area contributed by atoms with Gasteiger partial charge in [0.15, 0.2) is 0 Å². The number of amides is 3. The van der Waals surface area contributed by atoms with E-state index in [9.17, 15) is 9.59 Å². The lowest BCUT2D eigenvalue weighted by molar-refractivity contribution is -0.126. The van der Waals surface area contributed by atoms with E-state index in [0.29, 0.717) is 39.0 Å². The number of carbonyl (C=O) groups excluding carboxylic acids is 2. The second kappa shape index (κ2) is 9.15. The molecule has 1 atom stereocenters. The van der Waals surface area contributed by atoms with Gasteiger partial charge in [-0.15, -0.1) is 0 Å². The van der Waals surface area contributed by atoms with Gasteiger partial charge in [-0.3, -0.25) is 14.7 Å². The molecule has 1 fully saturated rings. The van der Waals surface area contributed by atoms with Gasteiger partial charge in [0.1, 0.15) is 11.9 Å². The monoisotopic (exact) mass is 408 g/mol. The fourth-order valence-electron chi connectivity index (χ4n) is 4.03. The Hall–Kier alpha value is -3.09. The number of nitrogens with one attached hydrogen (secondary N) is 1. The van der Waals surface area contributed by atoms with E-state index in [1.807, 2.05) is 46.2 Å². The first kappa shape index (κ1) is 20.2. The van der Waals surface area contributed by atoms with Gasteiger partial charge in [0.25, 0.3) is 0 Å². The van der Waals surface area contributed by atoms with Gasteiger partial charge in [-0.25, -0.2) is 4.79 Å². The van der Waals surface area contributed by atoms with Crippen LogP contribution in [-0.4, -0.2) is 47.6 Å². The number of para-hydroxylation sites is 2. The smallest absolute Gasteiger partial charge is 0.324 e. The molecule has 0 aliphatic carbocycles. The molecule has 0 spiro atoms. The highest BCUT2D eigenvalue weighted by Crippen LogP contribution is 2.35. The van der Waals surface area contributed by atoms with Gasteiger partial charge in [0.05, 0.1) is 12.2 Å². The molecular formula is C23H28N4O3. The van der Waals surface area contributed by atoms with Gasteiger partial charge >= 0.3 is 6.03 Å². The minimum atomic E-state index is -0.0638. The average Bonchev–Trinajstić information content (AvgIpc) is 2.82. The molecular weight excluding hydrogens is 380 g/mol. The summed E-state index contributed by atoms with van der Waals surface area (Å²) < 4.78 is 5.99. The zero-order valence-corrected chi connectivity index (χ0v) is 17.3. The molecule has 3 amide bonds. The van der Waals surface area contributed by atoms with Crippen LogP contribution in [0.2, 0.25) is 0 Å². The number of hydrogen-bond donors (Lipinski definition) is 1. The van der Waals surface area contributed by atoms with Crippen molar-refractivity contribution < 1.29 is 14.3 Å². The molecule has 0 radical (unpaired) electrons. The number of urea groups is 1. The molecule has 1 aromatic carbocycles. The Morgan fingerprint density at radius 3 is 2.70 bits per heavy atom. The summed E-state index contributed by atoms with van der Waals surface area (Å²) in [7, 11) is 0. The van der Waals surface area contributed by atoms with Gasteiger partial charge in [0, 0.05) is 37.9 Å². The van der Waals surface area contributed by atoms with Crippen molar-refractivity contribution in [2.24, 2.45) is 5.92 Å². The Morgan fingerprint density at radius 1 is 1.17 bits per heavy atom. The van der Waals surface area contributed by atoms with Crippen molar-refractivity contribution in [3.8, 4) is 5.75 Å². The molecule has 0 unspecified atom stereocenters. The van der Waals surface area contributed by atoms with Gasteiger partial charge in [0.2, 0.25) is 5.91 Å². The van der Waals surface area contributed by atoms with Crippen LogP contribution in [0.25, 0.3) is 0 Å². The number of carbonyl (C=O) groups is 2. The van der Waals surface area contributed by atoms with Crippen LogP contribution in [0.1, 0.15) is 31.7 Å². The first-order valence-corrected chi connectivity index (χ1v) is 10.6. The molecule has 158 valence electrons. The lowest BCUT2D eigenvalue weighted by atomic mass is 9.96. The minimum absolute atomic E-state index is 0.000330. The molecule has 0 saturated carbocycles. The predicted octanol–water partition coefficient (Wildman–Crippen LogP) is 3.21. The maximum Gasteiger partial charge on any atom is 0.324 e. The van der Waals surface area contributed by atoms with Crippen molar-refractivity contribution in [1.82, 2.24) is 15.2 Å². The first-order chi connectivity index (χ1) is 14.7. The fraction of sp³-hybridized carbons (Fsp3) is 0.435. The number of nitrogens with zero attached hydrogens (tertiary/aromatic N) is 3. The summed E-state index contributed by atoms with van der Waals surface area (Å²) in [5, 5.41) is 2.99. The lowest BCUT2D eigenvalue weighted by Crippen LogP contribution is -2.52. The van der Waals surface area contributed by atoms with Crippen LogP contribution < -0.4 is 15.0 Å². The van der Waals surface area contributed by atoms with Crippen LogP contribution in [0.5, 0.6) is 5.75 Å². The minimum Gasteiger partial charge on any atom is -0.486 e. The van der Waals surface area contributed by atoms with Crippen LogP contribution >= 0.6 is 0 Å². The third-order valence-electron chi connectivity index (χ3n) is 5.85. The maximum atomic E-state index is 13.3.